The van der Waals surface area contributed by atoms with Crippen molar-refractivity contribution in [3.63, 3.8) is 0 Å². The first-order chi connectivity index (χ1) is 11.9. The van der Waals surface area contributed by atoms with Gasteiger partial charge in [-0.25, -0.2) is 8.42 Å². The van der Waals surface area contributed by atoms with Crippen LogP contribution in [-0.2, 0) is 25.8 Å². The second-order valence-corrected chi connectivity index (χ2v) is 9.17. The van der Waals surface area contributed by atoms with Crippen LogP contribution < -0.4 is 10.6 Å². The zero-order valence-corrected chi connectivity index (χ0v) is 14.9. The van der Waals surface area contributed by atoms with Crippen molar-refractivity contribution in [3.8, 4) is 0 Å². The summed E-state index contributed by atoms with van der Waals surface area (Å²) < 4.78 is 22.8. The average molecular weight is 364 g/mol. The Morgan fingerprint density at radius 3 is 2.48 bits per heavy atom. The average Bonchev–Trinajstić information content (AvgIpc) is 3.31. The molecule has 136 valence electrons. The molecule has 0 spiro atoms. The molecule has 1 aromatic carbocycles. The summed E-state index contributed by atoms with van der Waals surface area (Å²) >= 11 is 0. The first kappa shape index (κ1) is 17.9. The van der Waals surface area contributed by atoms with Crippen molar-refractivity contribution in [1.29, 1.82) is 0 Å². The van der Waals surface area contributed by atoms with Gasteiger partial charge in [0.2, 0.25) is 11.8 Å². The Hall–Kier alpha value is -1.89. The number of aryl methyl sites for hydroxylation is 1. The molecule has 3 unspecified atom stereocenters. The van der Waals surface area contributed by atoms with Crippen molar-refractivity contribution in [2.75, 3.05) is 18.1 Å². The Bertz CT molecular complexity index is 733. The monoisotopic (exact) mass is 364 g/mol. The lowest BCUT2D eigenvalue weighted by Gasteiger charge is -2.10. The van der Waals surface area contributed by atoms with Gasteiger partial charge < -0.3 is 10.6 Å². The molecule has 1 heterocycles. The van der Waals surface area contributed by atoms with E-state index in [9.17, 15) is 18.0 Å². The van der Waals surface area contributed by atoms with E-state index in [4.69, 9.17) is 0 Å². The molecule has 1 saturated carbocycles. The van der Waals surface area contributed by atoms with Gasteiger partial charge in [-0.2, -0.15) is 0 Å². The van der Waals surface area contributed by atoms with Gasteiger partial charge >= 0.3 is 0 Å². The molecule has 3 rings (SSSR count). The van der Waals surface area contributed by atoms with E-state index in [0.29, 0.717) is 19.4 Å². The van der Waals surface area contributed by atoms with E-state index in [-0.39, 0.29) is 41.2 Å². The van der Waals surface area contributed by atoms with Crippen molar-refractivity contribution in [1.82, 2.24) is 10.6 Å². The van der Waals surface area contributed by atoms with Crippen LogP contribution >= 0.6 is 0 Å². The molecule has 3 atom stereocenters. The molecule has 7 heteroatoms. The van der Waals surface area contributed by atoms with Crippen molar-refractivity contribution >= 4 is 21.7 Å². The fraction of sp³-hybridized carbons (Fsp3) is 0.556. The highest BCUT2D eigenvalue weighted by molar-refractivity contribution is 7.91. The highest BCUT2D eigenvalue weighted by atomic mass is 32.2. The normalized spacial score (nSPS) is 26.8. The van der Waals surface area contributed by atoms with Crippen LogP contribution in [0.5, 0.6) is 0 Å². The van der Waals surface area contributed by atoms with Crippen LogP contribution in [0.4, 0.5) is 0 Å². The molecule has 2 amide bonds. The summed E-state index contributed by atoms with van der Waals surface area (Å²) in [5, 5.41) is 5.66. The summed E-state index contributed by atoms with van der Waals surface area (Å²) in [6, 6.07) is 9.80. The van der Waals surface area contributed by atoms with Crippen LogP contribution in [0.3, 0.4) is 0 Å². The number of rotatable bonds is 7. The Kier molecular flexibility index (Phi) is 5.42. The van der Waals surface area contributed by atoms with Crippen LogP contribution in [0.2, 0.25) is 0 Å². The highest BCUT2D eigenvalue weighted by Gasteiger charge is 2.48. The lowest BCUT2D eigenvalue weighted by Crippen LogP contribution is -2.38. The number of amides is 2. The lowest BCUT2D eigenvalue weighted by atomic mass is 10.1. The van der Waals surface area contributed by atoms with Crippen molar-refractivity contribution < 1.29 is 18.0 Å². The summed E-state index contributed by atoms with van der Waals surface area (Å²) in [5.74, 6) is -0.693. The number of sulfone groups is 1. The molecule has 0 radical (unpaired) electrons. The SMILES string of the molecule is O=C(NCCCc1ccccc1)C1CC1C(=O)NC1CCS(=O)(=O)C1. The van der Waals surface area contributed by atoms with Crippen LogP contribution in [0.25, 0.3) is 0 Å². The second kappa shape index (κ2) is 7.56. The molecule has 25 heavy (non-hydrogen) atoms. The Morgan fingerprint density at radius 1 is 1.08 bits per heavy atom. The topological polar surface area (TPSA) is 92.3 Å². The minimum absolute atomic E-state index is 0.0157. The number of hydrogen-bond acceptors (Lipinski definition) is 4. The minimum Gasteiger partial charge on any atom is -0.356 e. The summed E-state index contributed by atoms with van der Waals surface area (Å²) in [7, 11) is -3.01. The molecule has 0 aromatic heterocycles. The first-order valence-corrected chi connectivity index (χ1v) is 10.6. The van der Waals surface area contributed by atoms with E-state index in [0.717, 1.165) is 12.8 Å². The summed E-state index contributed by atoms with van der Waals surface area (Å²) in [4.78, 5) is 24.2. The number of hydrogen-bond donors (Lipinski definition) is 2. The fourth-order valence-electron chi connectivity index (χ4n) is 3.27. The van der Waals surface area contributed by atoms with E-state index >= 15 is 0 Å². The standard InChI is InChI=1S/C18H24N2O4S/c21-17(19-9-4-7-13-5-2-1-3-6-13)15-11-16(15)18(22)20-14-8-10-25(23,24)12-14/h1-3,5-6,14-16H,4,7-12H2,(H,19,21)(H,20,22). The van der Waals surface area contributed by atoms with Crippen LogP contribution in [0, 0.1) is 11.8 Å². The largest absolute Gasteiger partial charge is 0.356 e. The fourth-order valence-corrected chi connectivity index (χ4v) is 4.94. The Morgan fingerprint density at radius 2 is 1.80 bits per heavy atom. The second-order valence-electron chi connectivity index (χ2n) is 6.94. The van der Waals surface area contributed by atoms with Gasteiger partial charge in [0, 0.05) is 12.6 Å². The third-order valence-corrected chi connectivity index (χ3v) is 6.60. The summed E-state index contributed by atoms with van der Waals surface area (Å²) in [6.45, 7) is 0.597. The highest BCUT2D eigenvalue weighted by Crippen LogP contribution is 2.39. The first-order valence-electron chi connectivity index (χ1n) is 8.77. The van der Waals surface area contributed by atoms with E-state index in [1.54, 1.807) is 0 Å². The number of nitrogens with one attached hydrogen (secondary N) is 2. The van der Waals surface area contributed by atoms with Gasteiger partial charge in [0.05, 0.1) is 23.3 Å². The van der Waals surface area contributed by atoms with Gasteiger partial charge in [0.25, 0.3) is 0 Å². The molecule has 2 N–H and O–H groups in total. The maximum Gasteiger partial charge on any atom is 0.224 e. The van der Waals surface area contributed by atoms with E-state index < -0.39 is 9.84 Å². The number of carbonyl (C=O) groups is 2. The summed E-state index contributed by atoms with van der Waals surface area (Å²) in [5.41, 5.74) is 1.24. The Labute approximate surface area is 148 Å². The van der Waals surface area contributed by atoms with Gasteiger partial charge in [0.1, 0.15) is 0 Å². The molecular formula is C18H24N2O4S. The van der Waals surface area contributed by atoms with Gasteiger partial charge in [-0.15, -0.1) is 0 Å². The minimum atomic E-state index is -3.01. The smallest absolute Gasteiger partial charge is 0.224 e. The molecule has 1 aromatic rings. The predicted octanol–water partition coefficient (Wildman–Crippen LogP) is 0.675. The zero-order chi connectivity index (χ0) is 17.9. The predicted molar refractivity (Wildman–Crippen MR) is 94.6 cm³/mol. The quantitative estimate of drug-likeness (QED) is 0.696. The molecule has 2 aliphatic rings. The van der Waals surface area contributed by atoms with Gasteiger partial charge in [-0.05, 0) is 31.2 Å². The third-order valence-electron chi connectivity index (χ3n) is 4.83. The molecule has 1 aliphatic heterocycles. The number of benzene rings is 1. The molecule has 0 bridgehead atoms. The van der Waals surface area contributed by atoms with E-state index in [2.05, 4.69) is 22.8 Å². The number of carbonyl (C=O) groups excluding carboxylic acids is 2. The van der Waals surface area contributed by atoms with E-state index in [1.807, 2.05) is 18.2 Å². The van der Waals surface area contributed by atoms with Crippen molar-refractivity contribution in [2.45, 2.75) is 31.7 Å². The lowest BCUT2D eigenvalue weighted by molar-refractivity contribution is -0.127. The van der Waals surface area contributed by atoms with Gasteiger partial charge in [-0.1, -0.05) is 30.3 Å². The van der Waals surface area contributed by atoms with Crippen LogP contribution in [-0.4, -0.2) is 44.3 Å². The molecular weight excluding hydrogens is 340 g/mol. The molecule has 2 fully saturated rings. The summed E-state index contributed by atoms with van der Waals surface area (Å²) in [6.07, 6.45) is 2.79. The maximum absolute atomic E-state index is 12.1. The van der Waals surface area contributed by atoms with Crippen LogP contribution in [0.1, 0.15) is 24.8 Å². The zero-order valence-electron chi connectivity index (χ0n) is 14.1. The van der Waals surface area contributed by atoms with Crippen molar-refractivity contribution in [3.05, 3.63) is 35.9 Å². The Balaban J connectivity index is 1.34. The molecule has 1 saturated heterocycles. The van der Waals surface area contributed by atoms with Gasteiger partial charge in [0.15, 0.2) is 9.84 Å². The van der Waals surface area contributed by atoms with Crippen molar-refractivity contribution in [2.24, 2.45) is 11.8 Å². The van der Waals surface area contributed by atoms with Crippen LogP contribution in [0.15, 0.2) is 30.3 Å². The third kappa shape index (κ3) is 5.04. The van der Waals surface area contributed by atoms with Gasteiger partial charge in [-0.3, -0.25) is 9.59 Å². The molecule has 1 aliphatic carbocycles. The van der Waals surface area contributed by atoms with E-state index in [1.165, 1.54) is 5.56 Å². The molecule has 6 nitrogen and oxygen atoms in total. The maximum atomic E-state index is 12.1.